The van der Waals surface area contributed by atoms with E-state index >= 15 is 0 Å². The lowest BCUT2D eigenvalue weighted by Gasteiger charge is -2.37. The van der Waals surface area contributed by atoms with E-state index in [1.165, 1.54) is 18.4 Å². The molecular weight excluding hydrogens is 282 g/mol. The first-order chi connectivity index (χ1) is 10.2. The van der Waals surface area contributed by atoms with Crippen molar-refractivity contribution >= 4 is 17.7 Å². The summed E-state index contributed by atoms with van der Waals surface area (Å²) in [6, 6.07) is 10.7. The summed E-state index contributed by atoms with van der Waals surface area (Å²) in [6.45, 7) is 2.32. The molecule has 2 aliphatic rings. The molecule has 21 heavy (non-hydrogen) atoms. The van der Waals surface area contributed by atoms with E-state index in [1.807, 2.05) is 18.7 Å². The summed E-state index contributed by atoms with van der Waals surface area (Å²) < 4.78 is 5.14. The van der Waals surface area contributed by atoms with Crippen molar-refractivity contribution in [3.05, 3.63) is 35.9 Å². The Bertz CT molecular complexity index is 483. The van der Waals surface area contributed by atoms with Crippen LogP contribution in [0.1, 0.15) is 44.1 Å². The second-order valence-electron chi connectivity index (χ2n) is 5.94. The van der Waals surface area contributed by atoms with Gasteiger partial charge in [0.25, 0.3) is 0 Å². The molecule has 1 aromatic carbocycles. The third-order valence-electron chi connectivity index (χ3n) is 4.60. The highest BCUT2D eigenvalue weighted by atomic mass is 32.2. The first-order valence-electron chi connectivity index (χ1n) is 7.86. The van der Waals surface area contributed by atoms with Gasteiger partial charge in [-0.2, -0.15) is 0 Å². The lowest BCUT2D eigenvalue weighted by molar-refractivity contribution is -0.145. The maximum Gasteiger partial charge on any atom is 0.324 e. The van der Waals surface area contributed by atoms with Crippen LogP contribution in [0.25, 0.3) is 0 Å². The second-order valence-corrected chi connectivity index (χ2v) is 7.34. The minimum absolute atomic E-state index is 0.0907. The molecule has 3 rings (SSSR count). The van der Waals surface area contributed by atoms with Gasteiger partial charge in [-0.15, -0.1) is 11.8 Å². The Labute approximate surface area is 130 Å². The van der Waals surface area contributed by atoms with Crippen LogP contribution in [0.4, 0.5) is 0 Å². The molecule has 4 heteroatoms. The highest BCUT2D eigenvalue weighted by molar-refractivity contribution is 8.00. The van der Waals surface area contributed by atoms with Gasteiger partial charge in [-0.25, -0.2) is 0 Å². The first-order valence-corrected chi connectivity index (χ1v) is 8.84. The van der Waals surface area contributed by atoms with Crippen molar-refractivity contribution in [1.82, 2.24) is 5.32 Å². The largest absolute Gasteiger partial charge is 0.465 e. The summed E-state index contributed by atoms with van der Waals surface area (Å²) in [5.74, 6) is 1.42. The molecule has 114 valence electrons. The average molecular weight is 305 g/mol. The van der Waals surface area contributed by atoms with Gasteiger partial charge in [0, 0.05) is 5.75 Å². The second kappa shape index (κ2) is 6.41. The van der Waals surface area contributed by atoms with Gasteiger partial charge in [-0.3, -0.25) is 10.1 Å². The zero-order valence-corrected chi connectivity index (χ0v) is 13.3. The molecule has 1 heterocycles. The molecule has 3 nitrogen and oxygen atoms in total. The van der Waals surface area contributed by atoms with Crippen LogP contribution < -0.4 is 5.32 Å². The number of carbonyl (C=O) groups is 1. The number of carbonyl (C=O) groups excluding carboxylic acids is 1. The van der Waals surface area contributed by atoms with Gasteiger partial charge < -0.3 is 4.74 Å². The van der Waals surface area contributed by atoms with E-state index < -0.39 is 0 Å². The minimum atomic E-state index is -0.122. The fraction of sp³-hybridized carbons (Fsp3) is 0.588. The van der Waals surface area contributed by atoms with Gasteiger partial charge in [-0.1, -0.05) is 30.3 Å². The highest BCUT2D eigenvalue weighted by Crippen LogP contribution is 2.46. The van der Waals surface area contributed by atoms with Crippen LogP contribution in [0, 0.1) is 0 Å². The molecule has 1 aliphatic carbocycles. The Kier molecular flexibility index (Phi) is 4.55. The van der Waals surface area contributed by atoms with Gasteiger partial charge in [0.1, 0.15) is 6.04 Å². The molecule has 1 atom stereocenters. The number of thioether (sulfide) groups is 1. The summed E-state index contributed by atoms with van der Waals surface area (Å²) in [5, 5.41) is 3.55. The SMILES string of the molecule is CCOC(=O)[C@@H]1CSC2(CCC(c3ccccc3)CC2)N1. The van der Waals surface area contributed by atoms with Gasteiger partial charge in [-0.05, 0) is 44.1 Å². The zero-order chi connectivity index (χ0) is 14.7. The fourth-order valence-electron chi connectivity index (χ4n) is 3.44. The summed E-state index contributed by atoms with van der Waals surface area (Å²) in [4.78, 5) is 12.0. The molecule has 1 aliphatic heterocycles. The predicted octanol–water partition coefficient (Wildman–Crippen LogP) is 3.31. The Morgan fingerprint density at radius 3 is 2.71 bits per heavy atom. The zero-order valence-electron chi connectivity index (χ0n) is 12.5. The van der Waals surface area contributed by atoms with Crippen molar-refractivity contribution < 1.29 is 9.53 Å². The van der Waals surface area contributed by atoms with Gasteiger partial charge >= 0.3 is 5.97 Å². The topological polar surface area (TPSA) is 38.3 Å². The first kappa shape index (κ1) is 14.9. The van der Waals surface area contributed by atoms with Crippen molar-refractivity contribution in [2.75, 3.05) is 12.4 Å². The normalized spacial score (nSPS) is 32.2. The van der Waals surface area contributed by atoms with Crippen LogP contribution in [-0.4, -0.2) is 29.2 Å². The molecule has 0 radical (unpaired) electrons. The number of ether oxygens (including phenoxy) is 1. The molecule has 1 saturated carbocycles. The molecule has 1 spiro atoms. The summed E-state index contributed by atoms with van der Waals surface area (Å²) in [7, 11) is 0. The van der Waals surface area contributed by atoms with E-state index in [1.54, 1.807) is 0 Å². The standard InChI is InChI=1S/C17H23NO2S/c1-2-20-16(19)15-12-21-17(18-15)10-8-14(9-11-17)13-6-4-3-5-7-13/h3-7,14-15,18H,2,8-12H2,1H3/t14?,15-,17?/m0/s1. The van der Waals surface area contributed by atoms with Crippen LogP contribution in [0.5, 0.6) is 0 Å². The van der Waals surface area contributed by atoms with Gasteiger partial charge in [0.15, 0.2) is 0 Å². The predicted molar refractivity (Wildman–Crippen MR) is 86.4 cm³/mol. The highest BCUT2D eigenvalue weighted by Gasteiger charge is 2.44. The van der Waals surface area contributed by atoms with Crippen LogP contribution in [-0.2, 0) is 9.53 Å². The monoisotopic (exact) mass is 305 g/mol. The van der Waals surface area contributed by atoms with Crippen molar-refractivity contribution in [2.24, 2.45) is 0 Å². The van der Waals surface area contributed by atoms with Gasteiger partial charge in [0.2, 0.25) is 0 Å². The molecule has 0 bridgehead atoms. The third kappa shape index (κ3) is 3.27. The molecule has 1 aromatic rings. The van der Waals surface area contributed by atoms with Crippen LogP contribution >= 0.6 is 11.8 Å². The minimum Gasteiger partial charge on any atom is -0.465 e. The molecule has 0 amide bonds. The van der Waals surface area contributed by atoms with E-state index in [0.29, 0.717) is 12.5 Å². The lowest BCUT2D eigenvalue weighted by Crippen LogP contribution is -2.47. The molecule has 0 aromatic heterocycles. The number of rotatable bonds is 3. The number of benzene rings is 1. The Morgan fingerprint density at radius 1 is 1.33 bits per heavy atom. The molecule has 1 saturated heterocycles. The quantitative estimate of drug-likeness (QED) is 0.870. The summed E-state index contributed by atoms with van der Waals surface area (Å²) >= 11 is 1.91. The molecule has 2 fully saturated rings. The Morgan fingerprint density at radius 2 is 2.05 bits per heavy atom. The van der Waals surface area contributed by atoms with Gasteiger partial charge in [0.05, 0.1) is 11.5 Å². The molecule has 1 N–H and O–H groups in total. The van der Waals surface area contributed by atoms with Crippen LogP contribution in [0.15, 0.2) is 30.3 Å². The number of hydrogen-bond donors (Lipinski definition) is 1. The molecular formula is C17H23NO2S. The smallest absolute Gasteiger partial charge is 0.324 e. The van der Waals surface area contributed by atoms with Crippen molar-refractivity contribution in [1.29, 1.82) is 0 Å². The van der Waals surface area contributed by atoms with E-state index in [4.69, 9.17) is 4.74 Å². The Balaban J connectivity index is 1.57. The maximum absolute atomic E-state index is 11.9. The van der Waals surface area contributed by atoms with Crippen molar-refractivity contribution in [2.45, 2.75) is 49.4 Å². The summed E-state index contributed by atoms with van der Waals surface area (Å²) in [5.41, 5.74) is 1.46. The van der Waals surface area contributed by atoms with Crippen LogP contribution in [0.2, 0.25) is 0 Å². The van der Waals surface area contributed by atoms with E-state index in [0.717, 1.165) is 18.6 Å². The van der Waals surface area contributed by atoms with E-state index in [2.05, 4.69) is 35.6 Å². The number of esters is 1. The van der Waals surface area contributed by atoms with E-state index in [-0.39, 0.29) is 16.9 Å². The average Bonchev–Trinajstić information content (AvgIpc) is 2.93. The number of nitrogens with one attached hydrogen (secondary N) is 1. The Hall–Kier alpha value is -1.00. The molecule has 0 unspecified atom stereocenters. The van der Waals surface area contributed by atoms with E-state index in [9.17, 15) is 4.79 Å². The van der Waals surface area contributed by atoms with Crippen molar-refractivity contribution in [3.63, 3.8) is 0 Å². The number of hydrogen-bond acceptors (Lipinski definition) is 4. The maximum atomic E-state index is 11.9. The third-order valence-corrected chi connectivity index (χ3v) is 6.18. The van der Waals surface area contributed by atoms with Crippen LogP contribution in [0.3, 0.4) is 0 Å². The van der Waals surface area contributed by atoms with Crippen molar-refractivity contribution in [3.8, 4) is 0 Å². The fourth-order valence-corrected chi connectivity index (χ4v) is 4.90. The lowest BCUT2D eigenvalue weighted by atomic mass is 9.81. The summed E-state index contributed by atoms with van der Waals surface area (Å²) in [6.07, 6.45) is 4.65.